The minimum atomic E-state index is -1.34. The second kappa shape index (κ2) is 9.30. The van der Waals surface area contributed by atoms with Gasteiger partial charge >= 0.3 is 11.9 Å². The van der Waals surface area contributed by atoms with E-state index in [1.807, 2.05) is 30.3 Å². The van der Waals surface area contributed by atoms with E-state index in [4.69, 9.17) is 14.2 Å². The third kappa shape index (κ3) is 4.48. The van der Waals surface area contributed by atoms with Gasteiger partial charge in [-0.1, -0.05) is 30.3 Å². The quantitative estimate of drug-likeness (QED) is 0.636. The lowest BCUT2D eigenvalue weighted by Gasteiger charge is -2.40. The maximum absolute atomic E-state index is 12.9. The molecule has 0 amide bonds. The second-order valence-corrected chi connectivity index (χ2v) is 7.48. The van der Waals surface area contributed by atoms with Crippen LogP contribution in [-0.4, -0.2) is 52.7 Å². The summed E-state index contributed by atoms with van der Waals surface area (Å²) in [7, 11) is 0. The lowest BCUT2D eigenvalue weighted by molar-refractivity contribution is -0.159. The normalized spacial score (nSPS) is 22.8. The molecule has 0 saturated heterocycles. The summed E-state index contributed by atoms with van der Waals surface area (Å²) < 4.78 is 16.0. The number of benzene rings is 1. The molecule has 0 radical (unpaired) electrons. The van der Waals surface area contributed by atoms with Gasteiger partial charge < -0.3 is 19.3 Å². The molecule has 0 aliphatic heterocycles. The summed E-state index contributed by atoms with van der Waals surface area (Å²) >= 11 is 0. The fraction of sp³-hybridized carbons (Fsp3) is 0.500. The van der Waals surface area contributed by atoms with Crippen LogP contribution in [-0.2, 0) is 25.5 Å². The molecule has 1 aromatic carbocycles. The molecule has 0 spiro atoms. The van der Waals surface area contributed by atoms with Crippen LogP contribution in [0.5, 0.6) is 5.88 Å². The molecule has 0 fully saturated rings. The van der Waals surface area contributed by atoms with Crippen LogP contribution in [0.2, 0.25) is 0 Å². The van der Waals surface area contributed by atoms with Gasteiger partial charge in [0.25, 0.3) is 0 Å². The van der Waals surface area contributed by atoms with Crippen molar-refractivity contribution in [1.82, 2.24) is 10.2 Å². The van der Waals surface area contributed by atoms with E-state index in [-0.39, 0.29) is 32.0 Å². The molecule has 30 heavy (non-hydrogen) atoms. The van der Waals surface area contributed by atoms with E-state index >= 15 is 0 Å². The Hall–Kier alpha value is -2.87. The Morgan fingerprint density at radius 3 is 2.57 bits per heavy atom. The fourth-order valence-corrected chi connectivity index (χ4v) is 4.03. The number of esters is 2. The van der Waals surface area contributed by atoms with Crippen LogP contribution in [0.4, 0.5) is 0 Å². The molecule has 1 aliphatic rings. The SMILES string of the molecule is CCOC(=O)CCOc1n[nH]c2c1[C@H](c1ccccc1)[C@@H](C(=O)OCC)[C@@](C)(O)C2. The van der Waals surface area contributed by atoms with E-state index in [1.54, 1.807) is 20.8 Å². The zero-order valence-corrected chi connectivity index (χ0v) is 17.5. The van der Waals surface area contributed by atoms with Crippen molar-refractivity contribution < 1.29 is 28.9 Å². The summed E-state index contributed by atoms with van der Waals surface area (Å²) in [5.41, 5.74) is 0.901. The van der Waals surface area contributed by atoms with Crippen LogP contribution in [0.25, 0.3) is 0 Å². The number of hydrogen-bond acceptors (Lipinski definition) is 7. The number of ether oxygens (including phenoxy) is 3. The van der Waals surface area contributed by atoms with Gasteiger partial charge in [0.05, 0.1) is 31.2 Å². The summed E-state index contributed by atoms with van der Waals surface area (Å²) in [4.78, 5) is 24.5. The van der Waals surface area contributed by atoms with Crippen molar-refractivity contribution in [3.8, 4) is 5.88 Å². The van der Waals surface area contributed by atoms with Gasteiger partial charge in [-0.25, -0.2) is 0 Å². The van der Waals surface area contributed by atoms with Crippen LogP contribution < -0.4 is 4.74 Å². The Kier molecular flexibility index (Phi) is 6.77. The van der Waals surface area contributed by atoms with E-state index in [0.29, 0.717) is 23.7 Å². The fourth-order valence-electron chi connectivity index (χ4n) is 4.03. The molecule has 2 N–H and O–H groups in total. The van der Waals surface area contributed by atoms with Crippen LogP contribution in [0.3, 0.4) is 0 Å². The largest absolute Gasteiger partial charge is 0.476 e. The molecular weight excluding hydrogens is 388 g/mol. The lowest BCUT2D eigenvalue weighted by Crippen LogP contribution is -2.49. The third-order valence-corrected chi connectivity index (χ3v) is 5.25. The average molecular weight is 416 g/mol. The zero-order valence-electron chi connectivity index (χ0n) is 17.5. The molecule has 162 valence electrons. The van der Waals surface area contributed by atoms with Crippen LogP contribution in [0.1, 0.15) is 49.9 Å². The molecule has 3 atom stereocenters. The number of fused-ring (bicyclic) bond motifs is 1. The number of aliphatic hydroxyl groups is 1. The van der Waals surface area contributed by atoms with Crippen LogP contribution in [0, 0.1) is 5.92 Å². The van der Waals surface area contributed by atoms with Crippen LogP contribution in [0.15, 0.2) is 30.3 Å². The van der Waals surface area contributed by atoms with Gasteiger partial charge in [-0.3, -0.25) is 14.7 Å². The maximum atomic E-state index is 12.9. The molecule has 0 unspecified atom stereocenters. The topological polar surface area (TPSA) is 111 Å². The molecule has 1 aromatic heterocycles. The number of aromatic nitrogens is 2. The number of carbonyl (C=O) groups is 2. The van der Waals surface area contributed by atoms with E-state index in [0.717, 1.165) is 5.56 Å². The van der Waals surface area contributed by atoms with E-state index < -0.39 is 23.4 Å². The van der Waals surface area contributed by atoms with Gasteiger partial charge in [0.15, 0.2) is 0 Å². The Morgan fingerprint density at radius 1 is 1.20 bits per heavy atom. The first-order valence-electron chi connectivity index (χ1n) is 10.2. The lowest BCUT2D eigenvalue weighted by atomic mass is 9.66. The van der Waals surface area contributed by atoms with Crippen molar-refractivity contribution in [1.29, 1.82) is 0 Å². The molecule has 8 nitrogen and oxygen atoms in total. The van der Waals surface area contributed by atoms with Crippen molar-refractivity contribution >= 4 is 11.9 Å². The molecule has 1 heterocycles. The van der Waals surface area contributed by atoms with Gasteiger partial charge in [-0.05, 0) is 26.3 Å². The smallest absolute Gasteiger partial charge is 0.312 e. The third-order valence-electron chi connectivity index (χ3n) is 5.25. The number of nitrogens with zero attached hydrogens (tertiary/aromatic N) is 1. The number of H-pyrrole nitrogens is 1. The van der Waals surface area contributed by atoms with Gasteiger partial charge in [0.2, 0.25) is 5.88 Å². The van der Waals surface area contributed by atoms with Crippen molar-refractivity contribution in [3.63, 3.8) is 0 Å². The Balaban J connectivity index is 1.98. The number of rotatable bonds is 8. The summed E-state index contributed by atoms with van der Waals surface area (Å²) in [6.45, 7) is 5.74. The van der Waals surface area contributed by atoms with E-state index in [1.165, 1.54) is 0 Å². The minimum Gasteiger partial charge on any atom is -0.476 e. The monoisotopic (exact) mass is 416 g/mol. The summed E-state index contributed by atoms with van der Waals surface area (Å²) in [5.74, 6) is -1.86. The molecule has 0 bridgehead atoms. The van der Waals surface area contributed by atoms with E-state index in [9.17, 15) is 14.7 Å². The van der Waals surface area contributed by atoms with Gasteiger partial charge in [0, 0.05) is 23.6 Å². The molecule has 1 aliphatic carbocycles. The summed E-state index contributed by atoms with van der Waals surface area (Å²) in [5, 5.41) is 18.4. The van der Waals surface area contributed by atoms with Crippen molar-refractivity contribution in [2.24, 2.45) is 5.92 Å². The zero-order chi connectivity index (χ0) is 21.7. The molecular formula is C22H28N2O6. The Bertz CT molecular complexity index is 877. The number of carbonyl (C=O) groups excluding carboxylic acids is 2. The molecule has 3 rings (SSSR count). The molecule has 8 heteroatoms. The highest BCUT2D eigenvalue weighted by Crippen LogP contribution is 2.48. The van der Waals surface area contributed by atoms with Gasteiger partial charge in [-0.2, -0.15) is 0 Å². The Labute approximate surface area is 175 Å². The number of hydrogen-bond donors (Lipinski definition) is 2. The predicted octanol–water partition coefficient (Wildman–Crippen LogP) is 2.36. The van der Waals surface area contributed by atoms with Crippen molar-refractivity contribution in [2.45, 2.75) is 45.1 Å². The predicted molar refractivity (Wildman–Crippen MR) is 108 cm³/mol. The highest BCUT2D eigenvalue weighted by Gasteiger charge is 2.51. The van der Waals surface area contributed by atoms with E-state index in [2.05, 4.69) is 10.2 Å². The summed E-state index contributed by atoms with van der Waals surface area (Å²) in [6, 6.07) is 9.44. The first kappa shape index (κ1) is 21.8. The Morgan fingerprint density at radius 2 is 1.90 bits per heavy atom. The molecule has 0 saturated carbocycles. The standard InChI is InChI=1S/C22H28N2O6/c1-4-28-16(25)11-12-30-20-18-15(23-24-20)13-22(3,27)19(21(26)29-5-2)17(18)14-9-7-6-8-10-14/h6-10,17,19,27H,4-5,11-13H2,1-3H3,(H,23,24)/t17-,19-,22-/m0/s1. The van der Waals surface area contributed by atoms with Crippen molar-refractivity contribution in [3.05, 3.63) is 47.2 Å². The van der Waals surface area contributed by atoms with Crippen LogP contribution >= 0.6 is 0 Å². The van der Waals surface area contributed by atoms with Crippen molar-refractivity contribution in [2.75, 3.05) is 19.8 Å². The van der Waals surface area contributed by atoms with Gasteiger partial charge in [-0.15, -0.1) is 5.10 Å². The number of aromatic amines is 1. The average Bonchev–Trinajstić information content (AvgIpc) is 3.09. The highest BCUT2D eigenvalue weighted by atomic mass is 16.5. The number of nitrogens with one attached hydrogen (secondary N) is 1. The summed E-state index contributed by atoms with van der Waals surface area (Å²) in [6.07, 6.45) is 0.286. The van der Waals surface area contributed by atoms with Gasteiger partial charge in [0.1, 0.15) is 6.61 Å². The molecule has 2 aromatic rings. The first-order valence-corrected chi connectivity index (χ1v) is 10.2. The minimum absolute atomic E-state index is 0.0878. The highest BCUT2D eigenvalue weighted by molar-refractivity contribution is 5.77. The first-order chi connectivity index (χ1) is 14.4. The maximum Gasteiger partial charge on any atom is 0.312 e. The second-order valence-electron chi connectivity index (χ2n) is 7.48.